The van der Waals surface area contributed by atoms with Crippen LogP contribution in [-0.2, 0) is 4.79 Å². The normalized spacial score (nSPS) is 36.4. The first-order valence-corrected chi connectivity index (χ1v) is 7.27. The molecule has 0 aromatic rings. The fourth-order valence-electron chi connectivity index (χ4n) is 3.46. The molecule has 2 rings (SSSR count). The summed E-state index contributed by atoms with van der Waals surface area (Å²) < 4.78 is 0. The minimum atomic E-state index is -0.124. The first-order valence-electron chi connectivity index (χ1n) is 7.27. The lowest BCUT2D eigenvalue weighted by molar-refractivity contribution is -0.121. The molecule has 18 heavy (non-hydrogen) atoms. The van der Waals surface area contributed by atoms with Gasteiger partial charge in [-0.2, -0.15) is 0 Å². The van der Waals surface area contributed by atoms with E-state index in [9.17, 15) is 4.79 Å². The van der Waals surface area contributed by atoms with Crippen LogP contribution in [0.3, 0.4) is 0 Å². The Labute approximate surface area is 110 Å². The van der Waals surface area contributed by atoms with Gasteiger partial charge in [0.2, 0.25) is 5.91 Å². The van der Waals surface area contributed by atoms with Crippen LogP contribution in [0.25, 0.3) is 0 Å². The van der Waals surface area contributed by atoms with Gasteiger partial charge in [0, 0.05) is 18.5 Å². The lowest BCUT2D eigenvalue weighted by Gasteiger charge is -2.30. The second-order valence-electron chi connectivity index (χ2n) is 6.13. The van der Waals surface area contributed by atoms with Gasteiger partial charge < -0.3 is 11.1 Å². The van der Waals surface area contributed by atoms with Crippen LogP contribution in [0.4, 0.5) is 0 Å². The van der Waals surface area contributed by atoms with Gasteiger partial charge in [-0.3, -0.25) is 4.79 Å². The van der Waals surface area contributed by atoms with E-state index in [1.807, 2.05) is 0 Å². The van der Waals surface area contributed by atoms with Gasteiger partial charge in [-0.05, 0) is 50.9 Å². The number of hydrogen-bond donors (Lipinski definition) is 2. The van der Waals surface area contributed by atoms with E-state index >= 15 is 0 Å². The quantitative estimate of drug-likeness (QED) is 0.752. The van der Waals surface area contributed by atoms with Crippen LogP contribution in [0, 0.1) is 17.8 Å². The summed E-state index contributed by atoms with van der Waals surface area (Å²) in [6.45, 7) is 5.66. The molecular weight excluding hydrogens is 224 g/mol. The van der Waals surface area contributed by atoms with Crippen molar-refractivity contribution in [2.45, 2.75) is 52.0 Å². The van der Waals surface area contributed by atoms with Gasteiger partial charge in [-0.1, -0.05) is 18.6 Å². The molecule has 3 heteroatoms. The highest BCUT2D eigenvalue weighted by Crippen LogP contribution is 2.31. The molecule has 1 saturated carbocycles. The first-order chi connectivity index (χ1) is 8.58. The minimum absolute atomic E-state index is 0.0999. The van der Waals surface area contributed by atoms with Crippen LogP contribution in [0.2, 0.25) is 0 Å². The molecule has 102 valence electrons. The van der Waals surface area contributed by atoms with Crippen molar-refractivity contribution in [2.75, 3.05) is 6.54 Å². The molecule has 3 N–H and O–H groups in total. The van der Waals surface area contributed by atoms with Gasteiger partial charge in [0.1, 0.15) is 0 Å². The molecule has 0 spiro atoms. The van der Waals surface area contributed by atoms with Crippen LogP contribution < -0.4 is 11.1 Å². The van der Waals surface area contributed by atoms with Gasteiger partial charge in [0.15, 0.2) is 0 Å². The van der Waals surface area contributed by atoms with Crippen molar-refractivity contribution in [2.24, 2.45) is 23.5 Å². The van der Waals surface area contributed by atoms with Crippen molar-refractivity contribution >= 4 is 5.91 Å². The van der Waals surface area contributed by atoms with E-state index in [2.05, 4.69) is 25.2 Å². The maximum Gasteiger partial charge on any atom is 0.220 e. The highest BCUT2D eigenvalue weighted by atomic mass is 16.1. The molecule has 1 fully saturated rings. The molecule has 0 aliphatic heterocycles. The lowest BCUT2D eigenvalue weighted by atomic mass is 9.80. The molecule has 0 radical (unpaired) electrons. The van der Waals surface area contributed by atoms with E-state index in [4.69, 9.17) is 5.73 Å². The predicted molar refractivity (Wildman–Crippen MR) is 74.0 cm³/mol. The largest absolute Gasteiger partial charge is 0.369 e. The lowest BCUT2D eigenvalue weighted by Crippen LogP contribution is -2.35. The van der Waals surface area contributed by atoms with Crippen LogP contribution in [-0.4, -0.2) is 18.5 Å². The monoisotopic (exact) mass is 250 g/mol. The standard InChI is InChI=1S/C15H26N2O/c1-10-4-3-5-11(2)14(10)9-17-13-7-6-12(8-13)15(16)18/h4,11-14,17H,3,5-9H2,1-2H3,(H2,16,18)/t11?,12-,13+,14?/m0/s1. The Bertz CT molecular complexity index is 337. The predicted octanol–water partition coefficient (Wildman–Crippen LogP) is 2.22. The summed E-state index contributed by atoms with van der Waals surface area (Å²) in [4.78, 5) is 11.1. The molecule has 2 aliphatic rings. The highest BCUT2D eigenvalue weighted by molar-refractivity contribution is 5.76. The topological polar surface area (TPSA) is 55.1 Å². The summed E-state index contributed by atoms with van der Waals surface area (Å²) in [7, 11) is 0. The van der Waals surface area contributed by atoms with Gasteiger partial charge in [-0.15, -0.1) is 0 Å². The van der Waals surface area contributed by atoms with Crippen molar-refractivity contribution in [3.8, 4) is 0 Å². The fraction of sp³-hybridized carbons (Fsp3) is 0.800. The number of carbonyl (C=O) groups is 1. The smallest absolute Gasteiger partial charge is 0.220 e. The number of carbonyl (C=O) groups excluding carboxylic acids is 1. The van der Waals surface area contributed by atoms with E-state index in [0.29, 0.717) is 12.0 Å². The van der Waals surface area contributed by atoms with Crippen LogP contribution in [0.1, 0.15) is 46.0 Å². The average molecular weight is 250 g/mol. The molecule has 0 aromatic heterocycles. The SMILES string of the molecule is CC1=CCCC(C)C1CN[C@@H]1CC[C@H](C(N)=O)C1. The third-order valence-corrected chi connectivity index (χ3v) is 4.82. The number of primary amides is 1. The molecule has 2 aliphatic carbocycles. The Kier molecular flexibility index (Phi) is 4.44. The zero-order valence-electron chi connectivity index (χ0n) is 11.6. The molecule has 0 saturated heterocycles. The van der Waals surface area contributed by atoms with Crippen LogP contribution in [0.5, 0.6) is 0 Å². The van der Waals surface area contributed by atoms with E-state index in [-0.39, 0.29) is 11.8 Å². The van der Waals surface area contributed by atoms with Crippen molar-refractivity contribution in [3.63, 3.8) is 0 Å². The van der Waals surface area contributed by atoms with Gasteiger partial charge in [-0.25, -0.2) is 0 Å². The Hall–Kier alpha value is -0.830. The van der Waals surface area contributed by atoms with Gasteiger partial charge in [0.25, 0.3) is 0 Å². The maximum absolute atomic E-state index is 11.1. The van der Waals surface area contributed by atoms with Crippen molar-refractivity contribution in [3.05, 3.63) is 11.6 Å². The summed E-state index contributed by atoms with van der Waals surface area (Å²) >= 11 is 0. The van der Waals surface area contributed by atoms with Crippen molar-refractivity contribution < 1.29 is 4.79 Å². The fourth-order valence-corrected chi connectivity index (χ4v) is 3.46. The second-order valence-corrected chi connectivity index (χ2v) is 6.13. The van der Waals surface area contributed by atoms with Gasteiger partial charge >= 0.3 is 0 Å². The number of rotatable bonds is 4. The molecule has 4 atom stereocenters. The second kappa shape index (κ2) is 5.87. The summed E-state index contributed by atoms with van der Waals surface area (Å²) in [5.41, 5.74) is 6.90. The van der Waals surface area contributed by atoms with E-state index in [0.717, 1.165) is 31.7 Å². The molecule has 2 unspecified atom stereocenters. The van der Waals surface area contributed by atoms with Crippen molar-refractivity contribution in [1.82, 2.24) is 5.32 Å². The zero-order chi connectivity index (χ0) is 13.1. The Morgan fingerprint density at radius 2 is 2.22 bits per heavy atom. The highest BCUT2D eigenvalue weighted by Gasteiger charge is 2.29. The third-order valence-electron chi connectivity index (χ3n) is 4.82. The maximum atomic E-state index is 11.1. The Morgan fingerprint density at radius 1 is 1.44 bits per heavy atom. The zero-order valence-corrected chi connectivity index (χ0v) is 11.6. The third kappa shape index (κ3) is 3.14. The Balaban J connectivity index is 1.80. The minimum Gasteiger partial charge on any atom is -0.369 e. The van der Waals surface area contributed by atoms with E-state index in [1.165, 1.54) is 18.4 Å². The summed E-state index contributed by atoms with van der Waals surface area (Å²) in [5.74, 6) is 1.42. The molecule has 0 aromatic carbocycles. The molecule has 3 nitrogen and oxygen atoms in total. The number of nitrogens with two attached hydrogens (primary N) is 1. The van der Waals surface area contributed by atoms with Gasteiger partial charge in [0.05, 0.1) is 0 Å². The van der Waals surface area contributed by atoms with Crippen LogP contribution >= 0.6 is 0 Å². The summed E-state index contributed by atoms with van der Waals surface area (Å²) in [5, 5.41) is 3.65. The molecular formula is C15H26N2O. The molecule has 0 bridgehead atoms. The number of nitrogens with one attached hydrogen (secondary N) is 1. The van der Waals surface area contributed by atoms with E-state index < -0.39 is 0 Å². The first kappa shape index (κ1) is 13.6. The molecule has 0 heterocycles. The van der Waals surface area contributed by atoms with Crippen LogP contribution in [0.15, 0.2) is 11.6 Å². The number of allylic oxidation sites excluding steroid dienone is 1. The van der Waals surface area contributed by atoms with Crippen molar-refractivity contribution in [1.29, 1.82) is 0 Å². The Morgan fingerprint density at radius 3 is 2.83 bits per heavy atom. The average Bonchev–Trinajstić information content (AvgIpc) is 2.77. The number of amides is 1. The summed E-state index contributed by atoms with van der Waals surface area (Å²) in [6.07, 6.45) is 7.90. The number of hydrogen-bond acceptors (Lipinski definition) is 2. The summed E-state index contributed by atoms with van der Waals surface area (Å²) in [6, 6.07) is 0.490. The molecule has 1 amide bonds. The van der Waals surface area contributed by atoms with E-state index in [1.54, 1.807) is 0 Å².